The summed E-state index contributed by atoms with van der Waals surface area (Å²) in [6.07, 6.45) is -5.41. The Morgan fingerprint density at radius 3 is 2.08 bits per heavy atom. The lowest BCUT2D eigenvalue weighted by molar-refractivity contribution is -0.310. The van der Waals surface area contributed by atoms with Crippen LogP contribution in [0.1, 0.15) is 47.1 Å². The second-order valence-electron chi connectivity index (χ2n) is 10.3. The van der Waals surface area contributed by atoms with Crippen molar-refractivity contribution in [2.24, 2.45) is 11.1 Å². The Balaban J connectivity index is 2.38. The molecule has 1 amide bonds. The summed E-state index contributed by atoms with van der Waals surface area (Å²) >= 11 is 0. The first-order valence-corrected chi connectivity index (χ1v) is 12.7. The highest BCUT2D eigenvalue weighted by Crippen LogP contribution is 2.33. The van der Waals surface area contributed by atoms with Crippen LogP contribution in [0.2, 0.25) is 0 Å². The minimum absolute atomic E-state index is 0.116. The monoisotopic (exact) mass is 566 g/mol. The van der Waals surface area contributed by atoms with Crippen molar-refractivity contribution < 1.29 is 52.8 Å². The standard InChI is InChI=1S/C27H38N2O11/c1-15(30)36-14-26(5,6)24(39-18(4)33)25(34)29-13-20-21(37-16(2)31)22(38-17(3)32)23(28)27(35,40-20)12-19-10-8-7-9-11-19/h7-11,20-24,35H,12-14,28H2,1-6H3,(H,29,34)/t20-,21-,22+,23-,24+,27+/m1/s1. The molecule has 0 unspecified atom stereocenters. The molecule has 6 atom stereocenters. The molecule has 2 rings (SSSR count). The van der Waals surface area contributed by atoms with Crippen molar-refractivity contribution >= 4 is 29.8 Å². The highest BCUT2D eigenvalue weighted by molar-refractivity contribution is 5.84. The van der Waals surface area contributed by atoms with E-state index in [2.05, 4.69) is 5.32 Å². The van der Waals surface area contributed by atoms with Crippen molar-refractivity contribution in [3.05, 3.63) is 35.9 Å². The van der Waals surface area contributed by atoms with Crippen molar-refractivity contribution in [3.8, 4) is 0 Å². The van der Waals surface area contributed by atoms with Gasteiger partial charge >= 0.3 is 23.9 Å². The van der Waals surface area contributed by atoms with Crippen LogP contribution in [0.15, 0.2) is 30.3 Å². The van der Waals surface area contributed by atoms with Crippen LogP contribution in [0.4, 0.5) is 0 Å². The van der Waals surface area contributed by atoms with Gasteiger partial charge in [0.05, 0.1) is 0 Å². The summed E-state index contributed by atoms with van der Waals surface area (Å²) in [4.78, 5) is 60.3. The Morgan fingerprint density at radius 2 is 1.55 bits per heavy atom. The second-order valence-corrected chi connectivity index (χ2v) is 10.3. The molecule has 1 fully saturated rings. The molecule has 1 aromatic carbocycles. The smallest absolute Gasteiger partial charge is 0.303 e. The number of aliphatic hydroxyl groups is 1. The summed E-state index contributed by atoms with van der Waals surface area (Å²) in [7, 11) is 0. The minimum atomic E-state index is -2.10. The van der Waals surface area contributed by atoms with E-state index in [-0.39, 0.29) is 19.6 Å². The zero-order valence-electron chi connectivity index (χ0n) is 23.5. The van der Waals surface area contributed by atoms with E-state index >= 15 is 0 Å². The maximum atomic E-state index is 13.3. The van der Waals surface area contributed by atoms with Gasteiger partial charge in [0.1, 0.15) is 18.8 Å². The lowest BCUT2D eigenvalue weighted by Crippen LogP contribution is -2.71. The Morgan fingerprint density at radius 1 is 0.975 bits per heavy atom. The molecule has 4 N–H and O–H groups in total. The molecule has 0 spiro atoms. The second kappa shape index (κ2) is 13.7. The van der Waals surface area contributed by atoms with Gasteiger partial charge in [-0.05, 0) is 5.56 Å². The number of hydrogen-bond donors (Lipinski definition) is 3. The maximum Gasteiger partial charge on any atom is 0.303 e. The molecule has 0 aromatic heterocycles. The molecule has 40 heavy (non-hydrogen) atoms. The van der Waals surface area contributed by atoms with Crippen molar-refractivity contribution in [1.29, 1.82) is 0 Å². The molecule has 13 heteroatoms. The molecule has 1 aromatic rings. The number of hydrogen-bond acceptors (Lipinski definition) is 12. The fraction of sp³-hybridized carbons (Fsp3) is 0.593. The molecule has 0 bridgehead atoms. The zero-order valence-corrected chi connectivity index (χ0v) is 23.5. The predicted molar refractivity (Wildman–Crippen MR) is 138 cm³/mol. The van der Waals surface area contributed by atoms with Crippen LogP contribution in [0.5, 0.6) is 0 Å². The van der Waals surface area contributed by atoms with E-state index in [1.54, 1.807) is 44.2 Å². The Bertz CT molecular complexity index is 1080. The van der Waals surface area contributed by atoms with E-state index in [0.717, 1.165) is 20.8 Å². The van der Waals surface area contributed by atoms with Gasteiger partial charge in [-0.2, -0.15) is 0 Å². The van der Waals surface area contributed by atoms with Gasteiger partial charge in [-0.25, -0.2) is 0 Å². The lowest BCUT2D eigenvalue weighted by Gasteiger charge is -2.48. The quantitative estimate of drug-likeness (QED) is 0.243. The van der Waals surface area contributed by atoms with Crippen molar-refractivity contribution in [2.45, 2.75) is 84.2 Å². The van der Waals surface area contributed by atoms with Crippen LogP contribution in [0, 0.1) is 5.41 Å². The van der Waals surface area contributed by atoms with Crippen molar-refractivity contribution in [1.82, 2.24) is 5.32 Å². The van der Waals surface area contributed by atoms with E-state index in [4.69, 9.17) is 29.4 Å². The number of benzene rings is 1. The fourth-order valence-electron chi connectivity index (χ4n) is 4.34. The summed E-state index contributed by atoms with van der Waals surface area (Å²) in [5, 5.41) is 14.1. The van der Waals surface area contributed by atoms with Crippen LogP contribution in [-0.2, 0) is 54.1 Å². The molecule has 0 saturated carbocycles. The van der Waals surface area contributed by atoms with Gasteiger partial charge in [-0.15, -0.1) is 0 Å². The number of nitrogens with two attached hydrogens (primary N) is 1. The molecule has 13 nitrogen and oxygen atoms in total. The predicted octanol–water partition coefficient (Wildman–Crippen LogP) is 0.144. The molecule has 1 saturated heterocycles. The minimum Gasteiger partial charge on any atom is -0.465 e. The largest absolute Gasteiger partial charge is 0.465 e. The summed E-state index contributed by atoms with van der Waals surface area (Å²) in [5.74, 6) is -5.70. The van der Waals surface area contributed by atoms with Crippen LogP contribution in [0.25, 0.3) is 0 Å². The SMILES string of the molecule is CC(=O)OCC(C)(C)[C@@H](OC(C)=O)C(=O)NC[C@H]1O[C@@](O)(Cc2ccccc2)[C@H](N)[C@@H](OC(C)=O)[C@@H]1OC(C)=O. The number of esters is 4. The lowest BCUT2D eigenvalue weighted by atomic mass is 9.85. The van der Waals surface area contributed by atoms with Crippen LogP contribution < -0.4 is 11.1 Å². The van der Waals surface area contributed by atoms with Gasteiger partial charge in [-0.1, -0.05) is 44.2 Å². The number of ether oxygens (including phenoxy) is 5. The average molecular weight is 567 g/mol. The molecule has 0 aliphatic carbocycles. The first-order valence-electron chi connectivity index (χ1n) is 12.7. The van der Waals surface area contributed by atoms with Crippen LogP contribution in [-0.4, -0.2) is 84.3 Å². The van der Waals surface area contributed by atoms with Gasteiger partial charge in [0.15, 0.2) is 24.1 Å². The summed E-state index contributed by atoms with van der Waals surface area (Å²) in [6.45, 7) is 7.11. The Kier molecular flexibility index (Phi) is 11.2. The normalized spacial score (nSPS) is 25.2. The molecule has 1 aliphatic rings. The molecule has 222 valence electrons. The third-order valence-corrected chi connectivity index (χ3v) is 6.18. The summed E-state index contributed by atoms with van der Waals surface area (Å²) in [6, 6.07) is 7.42. The molecular weight excluding hydrogens is 528 g/mol. The fourth-order valence-corrected chi connectivity index (χ4v) is 4.34. The average Bonchev–Trinajstić information content (AvgIpc) is 2.85. The van der Waals surface area contributed by atoms with Crippen molar-refractivity contribution in [2.75, 3.05) is 13.2 Å². The van der Waals surface area contributed by atoms with E-state index < -0.39 is 71.4 Å². The van der Waals surface area contributed by atoms with Gasteiger partial charge in [0, 0.05) is 46.1 Å². The highest BCUT2D eigenvalue weighted by atomic mass is 16.7. The van der Waals surface area contributed by atoms with E-state index in [0.29, 0.717) is 5.56 Å². The third kappa shape index (κ3) is 9.00. The molecule has 0 radical (unpaired) electrons. The van der Waals surface area contributed by atoms with Gasteiger partial charge in [0.25, 0.3) is 5.91 Å². The first-order chi connectivity index (χ1) is 18.6. The first kappa shape index (κ1) is 32.7. The zero-order chi connectivity index (χ0) is 30.3. The number of carbonyl (C=O) groups is 5. The van der Waals surface area contributed by atoms with Gasteiger partial charge < -0.3 is 39.8 Å². The Hall–Kier alpha value is -3.55. The highest BCUT2D eigenvalue weighted by Gasteiger charge is 2.55. The number of nitrogens with one attached hydrogen (secondary N) is 1. The molecule has 1 aliphatic heterocycles. The third-order valence-electron chi connectivity index (χ3n) is 6.18. The summed E-state index contributed by atoms with van der Waals surface area (Å²) < 4.78 is 27.0. The van der Waals surface area contributed by atoms with Gasteiger partial charge in [0.2, 0.25) is 0 Å². The van der Waals surface area contributed by atoms with E-state index in [9.17, 15) is 29.1 Å². The van der Waals surface area contributed by atoms with Crippen LogP contribution >= 0.6 is 0 Å². The van der Waals surface area contributed by atoms with Crippen molar-refractivity contribution in [3.63, 3.8) is 0 Å². The number of carbonyl (C=O) groups excluding carboxylic acids is 5. The topological polar surface area (TPSA) is 190 Å². The summed E-state index contributed by atoms with van der Waals surface area (Å²) in [5.41, 5.74) is 5.84. The van der Waals surface area contributed by atoms with E-state index in [1.165, 1.54) is 6.92 Å². The Labute approximate surface area is 232 Å². The van der Waals surface area contributed by atoms with E-state index in [1.807, 2.05) is 0 Å². The molecule has 1 heterocycles. The maximum absolute atomic E-state index is 13.3. The molecular formula is C27H38N2O11. The number of amides is 1. The van der Waals surface area contributed by atoms with Gasteiger partial charge in [-0.3, -0.25) is 24.0 Å². The number of rotatable bonds is 11. The van der Waals surface area contributed by atoms with Crippen LogP contribution in [0.3, 0.4) is 0 Å².